The lowest BCUT2D eigenvalue weighted by atomic mass is 10.1. The van der Waals surface area contributed by atoms with Crippen LogP contribution < -0.4 is 5.32 Å². The highest BCUT2D eigenvalue weighted by Gasteiger charge is 2.05. The summed E-state index contributed by atoms with van der Waals surface area (Å²) in [5.41, 5.74) is 2.83. The van der Waals surface area contributed by atoms with Crippen LogP contribution in [0.15, 0.2) is 18.2 Å². The van der Waals surface area contributed by atoms with Gasteiger partial charge < -0.3 is 5.32 Å². The molecule has 1 atom stereocenters. The van der Waals surface area contributed by atoms with Crippen LogP contribution in [0.4, 0.5) is 5.69 Å². The second kappa shape index (κ2) is 5.67. The zero-order valence-corrected chi connectivity index (χ0v) is 10.2. The fraction of sp³-hybridized carbons (Fsp3) is 0.417. The number of rotatable bonds is 4. The topological polar surface area (TPSA) is 35.8 Å². The van der Waals surface area contributed by atoms with Crippen LogP contribution in [0.25, 0.3) is 0 Å². The minimum Gasteiger partial charge on any atom is -0.381 e. The van der Waals surface area contributed by atoms with Crippen molar-refractivity contribution in [2.24, 2.45) is 0 Å². The number of hydrogen-bond donors (Lipinski definition) is 1. The summed E-state index contributed by atoms with van der Waals surface area (Å²) in [6, 6.07) is 8.43. The smallest absolute Gasteiger partial charge is 0.101 e. The Balaban J connectivity index is 2.83. The summed E-state index contributed by atoms with van der Waals surface area (Å²) < 4.78 is 0. The van der Waals surface area contributed by atoms with Gasteiger partial charge in [-0.2, -0.15) is 17.0 Å². The molecule has 1 aromatic carbocycles. The Morgan fingerprint density at radius 1 is 1.53 bits per heavy atom. The molecular weight excluding hydrogens is 204 g/mol. The van der Waals surface area contributed by atoms with Crippen LogP contribution >= 0.6 is 11.8 Å². The fourth-order valence-corrected chi connectivity index (χ4v) is 2.02. The fourth-order valence-electron chi connectivity index (χ4n) is 1.43. The molecule has 0 aromatic heterocycles. The lowest BCUT2D eigenvalue weighted by molar-refractivity contribution is 0.913. The van der Waals surface area contributed by atoms with Crippen LogP contribution in [0.2, 0.25) is 0 Å². The predicted molar refractivity (Wildman–Crippen MR) is 67.4 cm³/mol. The van der Waals surface area contributed by atoms with E-state index in [1.54, 1.807) is 11.8 Å². The number of nitriles is 1. The molecule has 0 heterocycles. The summed E-state index contributed by atoms with van der Waals surface area (Å²) in [7, 11) is 0. The van der Waals surface area contributed by atoms with Gasteiger partial charge in [0.15, 0.2) is 0 Å². The molecule has 1 N–H and O–H groups in total. The van der Waals surface area contributed by atoms with E-state index in [-0.39, 0.29) is 0 Å². The number of nitrogens with one attached hydrogen (secondary N) is 1. The third-order valence-corrected chi connectivity index (χ3v) is 2.95. The Hall–Kier alpha value is -1.14. The first-order valence-electron chi connectivity index (χ1n) is 4.93. The highest BCUT2D eigenvalue weighted by molar-refractivity contribution is 7.98. The summed E-state index contributed by atoms with van der Waals surface area (Å²) >= 11 is 1.80. The molecule has 0 radical (unpaired) electrons. The SMILES string of the molecule is CSCC(C)Nc1cc(C)ccc1C#N. The van der Waals surface area contributed by atoms with Crippen LogP contribution in [0.1, 0.15) is 18.1 Å². The zero-order chi connectivity index (χ0) is 11.3. The van der Waals surface area contributed by atoms with Crippen LogP contribution in [-0.4, -0.2) is 18.1 Å². The molecule has 0 bridgehead atoms. The summed E-state index contributed by atoms with van der Waals surface area (Å²) in [4.78, 5) is 0. The summed E-state index contributed by atoms with van der Waals surface area (Å²) in [5, 5.41) is 12.3. The summed E-state index contributed by atoms with van der Waals surface area (Å²) in [5.74, 6) is 1.04. The summed E-state index contributed by atoms with van der Waals surface area (Å²) in [6.07, 6.45) is 2.08. The van der Waals surface area contributed by atoms with Crippen molar-refractivity contribution in [2.75, 3.05) is 17.3 Å². The molecule has 0 aliphatic carbocycles. The van der Waals surface area contributed by atoms with E-state index in [0.29, 0.717) is 11.6 Å². The molecule has 15 heavy (non-hydrogen) atoms. The number of thioether (sulfide) groups is 1. The third kappa shape index (κ3) is 3.49. The predicted octanol–water partition coefficient (Wildman–Crippen LogP) is 3.03. The van der Waals surface area contributed by atoms with Gasteiger partial charge in [-0.15, -0.1) is 0 Å². The molecule has 1 aromatic rings. The van der Waals surface area contributed by atoms with Gasteiger partial charge in [-0.25, -0.2) is 0 Å². The Bertz CT molecular complexity index is 368. The van der Waals surface area contributed by atoms with Gasteiger partial charge in [0.05, 0.1) is 11.3 Å². The number of anilines is 1. The normalized spacial score (nSPS) is 11.9. The lowest BCUT2D eigenvalue weighted by Crippen LogP contribution is -2.18. The van der Waals surface area contributed by atoms with E-state index in [2.05, 4.69) is 24.6 Å². The standard InChI is InChI=1S/C12H16N2S/c1-9-4-5-11(7-13)12(6-9)14-10(2)8-15-3/h4-6,10,14H,8H2,1-3H3. The highest BCUT2D eigenvalue weighted by Crippen LogP contribution is 2.18. The van der Waals surface area contributed by atoms with Crippen molar-refractivity contribution in [3.8, 4) is 6.07 Å². The molecule has 0 saturated carbocycles. The van der Waals surface area contributed by atoms with Gasteiger partial charge in [0.1, 0.15) is 6.07 Å². The van der Waals surface area contributed by atoms with E-state index in [1.807, 2.05) is 25.1 Å². The van der Waals surface area contributed by atoms with Crippen molar-refractivity contribution in [2.45, 2.75) is 19.9 Å². The maximum absolute atomic E-state index is 8.96. The van der Waals surface area contributed by atoms with E-state index in [9.17, 15) is 0 Å². The van der Waals surface area contributed by atoms with E-state index in [0.717, 1.165) is 11.4 Å². The number of hydrogen-bond acceptors (Lipinski definition) is 3. The average molecular weight is 220 g/mol. The molecule has 3 heteroatoms. The second-order valence-electron chi connectivity index (χ2n) is 3.66. The monoisotopic (exact) mass is 220 g/mol. The Labute approximate surface area is 95.7 Å². The van der Waals surface area contributed by atoms with Crippen molar-refractivity contribution in [1.29, 1.82) is 5.26 Å². The maximum atomic E-state index is 8.96. The van der Waals surface area contributed by atoms with Crippen LogP contribution in [-0.2, 0) is 0 Å². The third-order valence-electron chi connectivity index (χ3n) is 2.11. The van der Waals surface area contributed by atoms with Gasteiger partial charge in [0, 0.05) is 11.8 Å². The second-order valence-corrected chi connectivity index (χ2v) is 4.57. The van der Waals surface area contributed by atoms with Gasteiger partial charge in [0.2, 0.25) is 0 Å². The molecule has 0 amide bonds. The molecule has 0 aliphatic rings. The molecule has 0 fully saturated rings. The van der Waals surface area contributed by atoms with Crippen LogP contribution in [0.5, 0.6) is 0 Å². The summed E-state index contributed by atoms with van der Waals surface area (Å²) in [6.45, 7) is 4.16. The number of nitrogens with zero attached hydrogens (tertiary/aromatic N) is 1. The van der Waals surface area contributed by atoms with E-state index >= 15 is 0 Å². The van der Waals surface area contributed by atoms with E-state index < -0.39 is 0 Å². The molecule has 1 rings (SSSR count). The molecule has 0 saturated heterocycles. The quantitative estimate of drug-likeness (QED) is 0.847. The molecule has 0 spiro atoms. The first kappa shape index (κ1) is 11.9. The van der Waals surface area contributed by atoms with Gasteiger partial charge >= 0.3 is 0 Å². The number of aryl methyl sites for hydroxylation is 1. The Morgan fingerprint density at radius 3 is 2.87 bits per heavy atom. The molecule has 1 unspecified atom stereocenters. The molecule has 0 aliphatic heterocycles. The van der Waals surface area contributed by atoms with Crippen molar-refractivity contribution < 1.29 is 0 Å². The van der Waals surface area contributed by atoms with Crippen LogP contribution in [0.3, 0.4) is 0 Å². The molecular formula is C12H16N2S. The van der Waals surface area contributed by atoms with E-state index in [1.165, 1.54) is 5.56 Å². The highest BCUT2D eigenvalue weighted by atomic mass is 32.2. The van der Waals surface area contributed by atoms with Crippen molar-refractivity contribution in [3.63, 3.8) is 0 Å². The van der Waals surface area contributed by atoms with Gasteiger partial charge in [-0.1, -0.05) is 6.07 Å². The van der Waals surface area contributed by atoms with Crippen LogP contribution in [0, 0.1) is 18.3 Å². The maximum Gasteiger partial charge on any atom is 0.101 e. The van der Waals surface area contributed by atoms with Gasteiger partial charge in [-0.3, -0.25) is 0 Å². The van der Waals surface area contributed by atoms with Crippen molar-refractivity contribution in [3.05, 3.63) is 29.3 Å². The number of benzene rings is 1. The Morgan fingerprint density at radius 2 is 2.27 bits per heavy atom. The largest absolute Gasteiger partial charge is 0.381 e. The zero-order valence-electron chi connectivity index (χ0n) is 9.37. The minimum absolute atomic E-state index is 0.383. The minimum atomic E-state index is 0.383. The van der Waals surface area contributed by atoms with Crippen molar-refractivity contribution >= 4 is 17.4 Å². The first-order chi connectivity index (χ1) is 7.17. The molecule has 80 valence electrons. The van der Waals surface area contributed by atoms with Gasteiger partial charge in [0.25, 0.3) is 0 Å². The lowest BCUT2D eigenvalue weighted by Gasteiger charge is -2.15. The van der Waals surface area contributed by atoms with Gasteiger partial charge in [-0.05, 0) is 37.8 Å². The average Bonchev–Trinajstić information content (AvgIpc) is 2.18. The van der Waals surface area contributed by atoms with Crippen molar-refractivity contribution in [1.82, 2.24) is 0 Å². The van der Waals surface area contributed by atoms with E-state index in [4.69, 9.17) is 5.26 Å². The Kier molecular flexibility index (Phi) is 4.51. The first-order valence-corrected chi connectivity index (χ1v) is 6.33. The molecule has 2 nitrogen and oxygen atoms in total.